The summed E-state index contributed by atoms with van der Waals surface area (Å²) < 4.78 is 1.15. The molecule has 2 rings (SSSR count). The highest BCUT2D eigenvalue weighted by Gasteiger charge is 2.02. The van der Waals surface area contributed by atoms with Crippen LogP contribution in [-0.4, -0.2) is 5.84 Å². The van der Waals surface area contributed by atoms with E-state index < -0.39 is 0 Å². The third-order valence-corrected chi connectivity index (χ3v) is 3.68. The molecule has 0 bridgehead atoms. The van der Waals surface area contributed by atoms with Gasteiger partial charge in [-0.25, -0.2) is 0 Å². The van der Waals surface area contributed by atoms with Crippen LogP contribution in [0.4, 0.5) is 0 Å². The summed E-state index contributed by atoms with van der Waals surface area (Å²) in [4.78, 5) is 0. The van der Waals surface area contributed by atoms with E-state index in [-0.39, 0.29) is 0 Å². The van der Waals surface area contributed by atoms with E-state index in [0.717, 1.165) is 14.7 Å². The number of benzene rings is 2. The lowest BCUT2D eigenvalue weighted by Crippen LogP contribution is -2.22. The van der Waals surface area contributed by atoms with Crippen LogP contribution in [0.25, 0.3) is 0 Å². The summed E-state index contributed by atoms with van der Waals surface area (Å²) in [6.45, 7) is 0.519. The second-order valence-corrected chi connectivity index (χ2v) is 6.13. The minimum absolute atomic E-state index is 0.382. The smallest absolute Gasteiger partial charge is 0.125 e. The number of nitrogens with one attached hydrogen (secondary N) is 2. The predicted octanol–water partition coefficient (Wildman–Crippen LogP) is 4.71. The van der Waals surface area contributed by atoms with Crippen LogP contribution in [0, 0.1) is 8.98 Å². The van der Waals surface area contributed by atoms with Crippen molar-refractivity contribution < 1.29 is 0 Å². The molecule has 0 aromatic heterocycles. The molecule has 2 aromatic carbocycles. The summed E-state index contributed by atoms with van der Waals surface area (Å²) in [5.41, 5.74) is 1.81. The Balaban J connectivity index is 2.02. The van der Waals surface area contributed by atoms with E-state index in [9.17, 15) is 0 Å². The van der Waals surface area contributed by atoms with Gasteiger partial charge >= 0.3 is 0 Å². The normalized spacial score (nSPS) is 10.3. The van der Waals surface area contributed by atoms with Gasteiger partial charge in [0.25, 0.3) is 0 Å². The lowest BCUT2D eigenvalue weighted by atomic mass is 10.2. The minimum atomic E-state index is 0.382. The molecule has 19 heavy (non-hydrogen) atoms. The van der Waals surface area contributed by atoms with Crippen LogP contribution in [0.2, 0.25) is 10.0 Å². The Morgan fingerprint density at radius 2 is 1.63 bits per heavy atom. The second-order valence-electron chi connectivity index (χ2n) is 4.01. The molecule has 0 aliphatic rings. The Hall–Kier alpha value is -0.780. The van der Waals surface area contributed by atoms with Gasteiger partial charge in [-0.15, -0.1) is 0 Å². The van der Waals surface area contributed by atoms with Gasteiger partial charge in [0, 0.05) is 25.7 Å². The largest absolute Gasteiger partial charge is 0.366 e. The molecule has 0 saturated carbocycles. The van der Waals surface area contributed by atoms with Crippen molar-refractivity contribution in [3.05, 3.63) is 67.2 Å². The molecule has 0 spiro atoms. The number of hydrogen-bond acceptors (Lipinski definition) is 1. The molecular formula is C14H11Cl2IN2. The summed E-state index contributed by atoms with van der Waals surface area (Å²) in [6, 6.07) is 13.1. The van der Waals surface area contributed by atoms with Crippen LogP contribution < -0.4 is 5.32 Å². The highest BCUT2D eigenvalue weighted by atomic mass is 127. The first kappa shape index (κ1) is 14.6. The molecule has 0 aliphatic carbocycles. The second kappa shape index (κ2) is 6.59. The monoisotopic (exact) mass is 404 g/mol. The first-order chi connectivity index (χ1) is 9.04. The van der Waals surface area contributed by atoms with Crippen LogP contribution >= 0.6 is 45.8 Å². The maximum atomic E-state index is 7.98. The summed E-state index contributed by atoms with van der Waals surface area (Å²) in [7, 11) is 0. The Bertz CT molecular complexity index is 577. The van der Waals surface area contributed by atoms with E-state index >= 15 is 0 Å². The van der Waals surface area contributed by atoms with Crippen molar-refractivity contribution in [2.75, 3.05) is 0 Å². The highest BCUT2D eigenvalue weighted by Crippen LogP contribution is 2.19. The molecular weight excluding hydrogens is 394 g/mol. The molecule has 98 valence electrons. The first-order valence-corrected chi connectivity index (χ1v) is 7.41. The van der Waals surface area contributed by atoms with E-state index in [2.05, 4.69) is 27.9 Å². The Morgan fingerprint density at radius 3 is 2.21 bits per heavy atom. The van der Waals surface area contributed by atoms with E-state index in [4.69, 9.17) is 28.6 Å². The topological polar surface area (TPSA) is 35.9 Å². The molecule has 0 atom stereocenters. The van der Waals surface area contributed by atoms with Gasteiger partial charge in [-0.3, -0.25) is 5.41 Å². The lowest BCUT2D eigenvalue weighted by molar-refractivity contribution is 0.908. The van der Waals surface area contributed by atoms with E-state index in [1.165, 1.54) is 0 Å². The minimum Gasteiger partial charge on any atom is -0.366 e. The Morgan fingerprint density at radius 1 is 1.05 bits per heavy atom. The number of rotatable bonds is 3. The number of amidine groups is 1. The summed E-state index contributed by atoms with van der Waals surface area (Å²) in [5, 5.41) is 12.2. The van der Waals surface area contributed by atoms with Crippen LogP contribution in [-0.2, 0) is 6.54 Å². The lowest BCUT2D eigenvalue weighted by Gasteiger charge is -2.09. The van der Waals surface area contributed by atoms with Gasteiger partial charge in [-0.1, -0.05) is 35.3 Å². The van der Waals surface area contributed by atoms with Crippen molar-refractivity contribution in [2.45, 2.75) is 6.54 Å². The average Bonchev–Trinajstić information content (AvgIpc) is 2.36. The van der Waals surface area contributed by atoms with Crippen molar-refractivity contribution in [1.29, 1.82) is 5.41 Å². The van der Waals surface area contributed by atoms with E-state index in [1.54, 1.807) is 6.07 Å². The molecule has 2 nitrogen and oxygen atoms in total. The Kier molecular flexibility index (Phi) is 5.07. The summed E-state index contributed by atoms with van der Waals surface area (Å²) in [5.74, 6) is 0.382. The van der Waals surface area contributed by atoms with Crippen molar-refractivity contribution in [2.24, 2.45) is 0 Å². The molecule has 0 heterocycles. The van der Waals surface area contributed by atoms with Gasteiger partial charge in [-0.05, 0) is 58.5 Å². The molecule has 2 aromatic rings. The highest BCUT2D eigenvalue weighted by molar-refractivity contribution is 14.1. The van der Waals surface area contributed by atoms with Crippen molar-refractivity contribution in [1.82, 2.24) is 5.32 Å². The van der Waals surface area contributed by atoms with Crippen molar-refractivity contribution in [3.8, 4) is 0 Å². The maximum absolute atomic E-state index is 7.98. The zero-order valence-corrected chi connectivity index (χ0v) is 13.6. The molecule has 0 radical (unpaired) electrons. The molecule has 0 amide bonds. The third kappa shape index (κ3) is 4.37. The number of hydrogen-bond donors (Lipinski definition) is 2. The fraction of sp³-hybridized carbons (Fsp3) is 0.0714. The van der Waals surface area contributed by atoms with Gasteiger partial charge in [0.15, 0.2) is 0 Å². The molecule has 0 aliphatic heterocycles. The van der Waals surface area contributed by atoms with Gasteiger partial charge in [0.1, 0.15) is 5.84 Å². The molecule has 2 N–H and O–H groups in total. The molecule has 0 fully saturated rings. The molecule has 5 heteroatoms. The van der Waals surface area contributed by atoms with Gasteiger partial charge in [0.2, 0.25) is 0 Å². The predicted molar refractivity (Wildman–Crippen MR) is 89.3 cm³/mol. The van der Waals surface area contributed by atoms with Gasteiger partial charge in [-0.2, -0.15) is 0 Å². The third-order valence-electron chi connectivity index (χ3n) is 2.52. The fourth-order valence-corrected chi connectivity index (χ4v) is 2.55. The van der Waals surface area contributed by atoms with Gasteiger partial charge < -0.3 is 5.32 Å². The quantitative estimate of drug-likeness (QED) is 0.433. The summed E-state index contributed by atoms with van der Waals surface area (Å²) in [6.07, 6.45) is 0. The fourth-order valence-electron chi connectivity index (χ4n) is 1.62. The van der Waals surface area contributed by atoms with Crippen LogP contribution in [0.15, 0.2) is 42.5 Å². The molecule has 0 saturated heterocycles. The van der Waals surface area contributed by atoms with E-state index in [1.807, 2.05) is 36.4 Å². The SMILES string of the molecule is N=C(NCc1cc(Cl)cc(Cl)c1)c1ccc(I)cc1. The standard InChI is InChI=1S/C14H11Cl2IN2/c15-11-5-9(6-12(16)7-11)8-19-14(18)10-1-3-13(17)4-2-10/h1-7H,8H2,(H2,18,19). The van der Waals surface area contributed by atoms with Crippen LogP contribution in [0.5, 0.6) is 0 Å². The maximum Gasteiger partial charge on any atom is 0.125 e. The van der Waals surface area contributed by atoms with Gasteiger partial charge in [0.05, 0.1) is 0 Å². The van der Waals surface area contributed by atoms with Crippen LogP contribution in [0.1, 0.15) is 11.1 Å². The first-order valence-electron chi connectivity index (χ1n) is 5.58. The van der Waals surface area contributed by atoms with E-state index in [0.29, 0.717) is 22.4 Å². The zero-order chi connectivity index (χ0) is 13.8. The zero-order valence-electron chi connectivity index (χ0n) is 9.88. The van der Waals surface area contributed by atoms with Crippen LogP contribution in [0.3, 0.4) is 0 Å². The average molecular weight is 405 g/mol. The molecule has 0 unspecified atom stereocenters. The summed E-state index contributed by atoms with van der Waals surface area (Å²) >= 11 is 14.1. The number of halogens is 3. The van der Waals surface area contributed by atoms with Crippen molar-refractivity contribution >= 4 is 51.6 Å². The van der Waals surface area contributed by atoms with Crippen molar-refractivity contribution in [3.63, 3.8) is 0 Å². The Labute approximate surface area is 135 Å².